The summed E-state index contributed by atoms with van der Waals surface area (Å²) in [5, 5.41) is 29.4. The van der Waals surface area contributed by atoms with Gasteiger partial charge >= 0.3 is 18.2 Å². The number of nitrogens with one attached hydrogen (secondary N) is 2. The summed E-state index contributed by atoms with van der Waals surface area (Å²) in [6.07, 6.45) is 2.62. The smallest absolute Gasteiger partial charge is 0.416 e. The van der Waals surface area contributed by atoms with Gasteiger partial charge in [-0.3, -0.25) is 48.1 Å². The maximum absolute atomic E-state index is 14.4. The number of nitrogens with zero attached hydrogens (tertiary/aromatic N) is 6. The highest BCUT2D eigenvalue weighted by Crippen LogP contribution is 2.44. The normalized spacial score (nSPS) is 18.7. The summed E-state index contributed by atoms with van der Waals surface area (Å²) in [4.78, 5) is 166. The quantitative estimate of drug-likeness (QED) is 0.0180. The van der Waals surface area contributed by atoms with E-state index in [1.54, 1.807) is 51.2 Å². The molecule has 2 unspecified atom stereocenters. The van der Waals surface area contributed by atoms with Gasteiger partial charge in [0.15, 0.2) is 35.5 Å². The van der Waals surface area contributed by atoms with Gasteiger partial charge in [-0.15, -0.1) is 0 Å². The van der Waals surface area contributed by atoms with Crippen molar-refractivity contribution in [3.8, 4) is 17.2 Å². The number of carbonyl (C=O) groups excluding carboxylic acids is 12. The van der Waals surface area contributed by atoms with E-state index in [0.717, 1.165) is 14.7 Å². The van der Waals surface area contributed by atoms with E-state index in [1.807, 2.05) is 13.8 Å². The Kier molecular flexibility index (Phi) is 25.6. The van der Waals surface area contributed by atoms with E-state index >= 15 is 0 Å². The Hall–Kier alpha value is -10.7. The third-order valence-corrected chi connectivity index (χ3v) is 19.7. The molecule has 1 aliphatic carbocycles. The summed E-state index contributed by atoms with van der Waals surface area (Å²) in [5.41, 5.74) is 9.47. The van der Waals surface area contributed by atoms with E-state index < -0.39 is 79.0 Å². The number of amides is 9. The summed E-state index contributed by atoms with van der Waals surface area (Å²) >= 11 is 0. The molecule has 0 radical (unpaired) electrons. The van der Waals surface area contributed by atoms with E-state index in [1.165, 1.54) is 64.0 Å². The zero-order valence-corrected chi connectivity index (χ0v) is 59.3. The van der Waals surface area contributed by atoms with Gasteiger partial charge in [0, 0.05) is 88.3 Å². The van der Waals surface area contributed by atoms with Gasteiger partial charge < -0.3 is 64.6 Å². The molecule has 28 nitrogen and oxygen atoms in total. The zero-order valence-electron chi connectivity index (χ0n) is 59.3. The first kappa shape index (κ1) is 78.4. The molecule has 1 aromatic heterocycles. The first-order valence-corrected chi connectivity index (χ1v) is 34.9. The molecule has 0 bridgehead atoms. The first-order chi connectivity index (χ1) is 49.6. The number of aryl methyl sites for hydroxylation is 1. The Bertz CT molecular complexity index is 4170. The van der Waals surface area contributed by atoms with Crippen molar-refractivity contribution in [1.29, 1.82) is 0 Å². The van der Waals surface area contributed by atoms with Gasteiger partial charge in [0.05, 0.1) is 72.2 Å². The van der Waals surface area contributed by atoms with Crippen molar-refractivity contribution >= 4 is 82.3 Å². The number of aliphatic hydroxyl groups is 2. The van der Waals surface area contributed by atoms with Crippen LogP contribution in [-0.4, -0.2) is 177 Å². The number of hydrogen-bond acceptors (Lipinski definition) is 19. The van der Waals surface area contributed by atoms with Crippen LogP contribution in [0.2, 0.25) is 0 Å². The van der Waals surface area contributed by atoms with Gasteiger partial charge in [-0.05, 0) is 119 Å². The summed E-state index contributed by atoms with van der Waals surface area (Å²) in [6, 6.07) is 10.7. The van der Waals surface area contributed by atoms with Gasteiger partial charge in [-0.1, -0.05) is 76.3 Å². The molecule has 0 spiro atoms. The number of aromatic nitrogens is 1. The lowest BCUT2D eigenvalue weighted by atomic mass is 9.88. The van der Waals surface area contributed by atoms with Crippen molar-refractivity contribution in [2.75, 3.05) is 56.3 Å². The molecule has 6 aliphatic rings. The van der Waals surface area contributed by atoms with Crippen molar-refractivity contribution < 1.29 is 91.4 Å². The van der Waals surface area contributed by atoms with Crippen LogP contribution < -0.4 is 40.4 Å². The number of primary amides is 1. The largest absolute Gasteiger partial charge is 0.493 e. The number of hydrogen-bond donors (Lipinski definition) is 5. The van der Waals surface area contributed by atoms with Crippen molar-refractivity contribution in [3.63, 3.8) is 0 Å². The number of benzene rings is 3. The second kappa shape index (κ2) is 34.2. The minimum absolute atomic E-state index is 0. The number of rotatable bonds is 31. The van der Waals surface area contributed by atoms with E-state index in [0.29, 0.717) is 84.2 Å². The Morgan fingerprint density at radius 1 is 0.686 bits per heavy atom. The fourth-order valence-electron chi connectivity index (χ4n) is 13.9. The number of Topliss-reactive ketones (excluding diaryl/α,β-unsaturated/α-hetero) is 3. The predicted molar refractivity (Wildman–Crippen MR) is 384 cm³/mol. The molecule has 10 rings (SSSR count). The lowest BCUT2D eigenvalue weighted by molar-refractivity contribution is -0.137. The minimum Gasteiger partial charge on any atom is -0.493 e. The molecule has 4 aromatic rings. The molecule has 28 heteroatoms. The molecule has 2 saturated heterocycles. The van der Waals surface area contributed by atoms with Crippen molar-refractivity contribution in [1.82, 2.24) is 29.9 Å². The molecule has 0 saturated carbocycles. The Morgan fingerprint density at radius 3 is 1.84 bits per heavy atom. The van der Waals surface area contributed by atoms with Crippen LogP contribution in [-0.2, 0) is 60.1 Å². The summed E-state index contributed by atoms with van der Waals surface area (Å²) in [5.74, 6) is -3.63. The number of fused-ring (bicyclic) bond motifs is 5. The molecule has 9 amide bonds. The molecule has 2 fully saturated rings. The summed E-state index contributed by atoms with van der Waals surface area (Å²) in [6.45, 7) is 15.4. The number of ether oxygens (including phenoxy) is 5. The molecule has 3 aromatic carbocycles. The molecule has 5 aliphatic heterocycles. The molecular formula is C77H93N9O19. The third-order valence-electron chi connectivity index (χ3n) is 19.7. The van der Waals surface area contributed by atoms with Gasteiger partial charge in [-0.25, -0.2) is 24.2 Å². The third kappa shape index (κ3) is 17.7. The highest BCUT2D eigenvalue weighted by molar-refractivity contribution is 6.24. The minimum atomic E-state index is -1.59. The molecular weight excluding hydrogens is 1350 g/mol. The van der Waals surface area contributed by atoms with Crippen LogP contribution in [0.15, 0.2) is 103 Å². The van der Waals surface area contributed by atoms with Crippen LogP contribution in [0, 0.1) is 18.8 Å². The van der Waals surface area contributed by atoms with Crippen LogP contribution in [0.25, 0.3) is 0 Å². The van der Waals surface area contributed by atoms with Crippen LogP contribution in [0.4, 0.5) is 25.8 Å². The highest BCUT2D eigenvalue weighted by atomic mass is 16.6. The zero-order chi connectivity index (χ0) is 75.0. The lowest BCUT2D eigenvalue weighted by Gasteiger charge is -2.31. The number of unbranched alkanes of at least 4 members (excludes halogenated alkanes) is 4. The Labute approximate surface area is 609 Å². The second-order valence-corrected chi connectivity index (χ2v) is 27.5. The molecule has 6 N–H and O–H groups in total. The molecule has 105 heavy (non-hydrogen) atoms. The van der Waals surface area contributed by atoms with E-state index in [9.17, 15) is 67.7 Å². The first-order valence-electron chi connectivity index (χ1n) is 34.9. The summed E-state index contributed by atoms with van der Waals surface area (Å²) in [7, 11) is 2.98. The van der Waals surface area contributed by atoms with E-state index in [4.69, 9.17) is 29.4 Å². The maximum atomic E-state index is 14.4. The SMILES string of the molecule is C.C=C1C[C@H]2C(O)N(C(=O)OCc3ccc(CC(=O)[C@H](CCCNC(N)=O)NC(=O)[C@@H](CC(=O)CCCCCN4C(=O)C=CC4=O)C(C)C)cc3)c3cc(OCCCCCOc4cc5c(cc4OC)C(=O)N4CC(=C)C[C@H]4C(O)N5C(=O)OCc4cc5c(n4C)C(=O)C=C(C)C5=O)c(C)cc3C(=O)N2C1. The Morgan fingerprint density at radius 2 is 1.25 bits per heavy atom. The van der Waals surface area contributed by atoms with E-state index in [-0.39, 0.29) is 184 Å². The summed E-state index contributed by atoms with van der Waals surface area (Å²) < 4.78 is 31.4. The van der Waals surface area contributed by atoms with Crippen molar-refractivity contribution in [2.45, 2.75) is 162 Å². The number of anilines is 2. The standard InChI is InChI=1S/C76H89N9O19.CH4/c1-42(2)51(34-50(86)16-11-9-12-25-81-65(89)22-23-66(81)90)69(92)79-55(17-15-24-78-74(77)97)60(87)32-47-18-20-48(21-19-47)40-103-75(98)84-56-36-62(45(5)30-52(56)70(93)82-38-43(3)28-58(82)72(84)95)101-26-13-10-14-27-102-64-37-57-53(35-63(64)100-8)71(94)83-39-44(4)29-59(83)73(96)85(57)76(99)104-41-49-33-54-67(80(49)7)61(88)31-46(6)68(54)91;/h18-23,30-31,33,35-37,42,51,55,58-59,72-73,95-96H,3-4,9-17,24-29,32,34,38-41H2,1-2,5-8H3,(H,79,92)(H3,77,78,97);1H4/t51-,55-,58-,59-,72?,73?;/m0./s1. The van der Waals surface area contributed by atoms with Crippen LogP contribution >= 0.6 is 0 Å². The number of ketones is 4. The number of nitrogens with two attached hydrogens (primary N) is 1. The van der Waals surface area contributed by atoms with Gasteiger partial charge in [0.2, 0.25) is 11.7 Å². The van der Waals surface area contributed by atoms with Crippen LogP contribution in [0.3, 0.4) is 0 Å². The number of allylic oxidation sites excluding steroid dienone is 2. The number of methoxy groups -OCH3 is 1. The van der Waals surface area contributed by atoms with Crippen LogP contribution in [0.1, 0.15) is 169 Å². The lowest BCUT2D eigenvalue weighted by Crippen LogP contribution is -2.50. The highest BCUT2D eigenvalue weighted by Gasteiger charge is 2.48. The Balaban J connectivity index is 0.0000128. The molecule has 6 heterocycles. The van der Waals surface area contributed by atoms with Gasteiger partial charge in [0.25, 0.3) is 23.6 Å². The molecule has 6 atom stereocenters. The fraction of sp³-hybridized carbons (Fsp3) is 0.455. The number of urea groups is 1. The van der Waals surface area contributed by atoms with Crippen molar-refractivity contribution in [2.24, 2.45) is 24.6 Å². The topological polar surface area (TPSA) is 363 Å². The average Bonchev–Trinajstić information content (AvgIpc) is 1.63. The predicted octanol–water partition coefficient (Wildman–Crippen LogP) is 8.19. The van der Waals surface area contributed by atoms with Gasteiger partial charge in [-0.2, -0.15) is 0 Å². The monoisotopic (exact) mass is 1450 g/mol. The molecule has 560 valence electrons. The fourth-order valence-corrected chi connectivity index (χ4v) is 13.9. The maximum Gasteiger partial charge on any atom is 0.416 e. The van der Waals surface area contributed by atoms with Crippen molar-refractivity contribution in [3.05, 3.63) is 147 Å². The second-order valence-electron chi connectivity index (χ2n) is 27.5. The van der Waals surface area contributed by atoms with Gasteiger partial charge in [0.1, 0.15) is 30.4 Å². The number of aliphatic hydroxyl groups excluding tert-OH is 2. The average molecular weight is 1450 g/mol. The number of imide groups is 1. The number of carbonyl (C=O) groups is 12. The van der Waals surface area contributed by atoms with E-state index in [2.05, 4.69) is 23.8 Å². The van der Waals surface area contributed by atoms with Crippen LogP contribution in [0.5, 0.6) is 17.2 Å².